The minimum Gasteiger partial charge on any atom is -0.421 e. The number of nitrogens with one attached hydrogen (secondary N) is 2. The summed E-state index contributed by atoms with van der Waals surface area (Å²) in [6, 6.07) is 8.20. The summed E-state index contributed by atoms with van der Waals surface area (Å²) in [4.78, 5) is 23.7. The van der Waals surface area contributed by atoms with Gasteiger partial charge in [-0.1, -0.05) is 11.6 Å². The first-order valence-corrected chi connectivity index (χ1v) is 8.63. The van der Waals surface area contributed by atoms with E-state index in [-0.39, 0.29) is 18.7 Å². The standard InChI is InChI=1S/C16H13ClN4O3S/c17-12-3-1-10(2-4-12)15(23)20-18-13(22)5-6-14-19-21-16(24-14)11-7-8-25-9-11/h1-4,7-9H,5-6H2,(H,18,22)(H,20,23). The first-order valence-electron chi connectivity index (χ1n) is 7.31. The molecule has 7 nitrogen and oxygen atoms in total. The molecule has 2 amide bonds. The van der Waals surface area contributed by atoms with Gasteiger partial charge in [0.05, 0.1) is 0 Å². The number of aryl methyl sites for hydroxylation is 1. The lowest BCUT2D eigenvalue weighted by atomic mass is 10.2. The number of hydrogen-bond donors (Lipinski definition) is 2. The van der Waals surface area contributed by atoms with Gasteiger partial charge in [-0.3, -0.25) is 20.4 Å². The third-order valence-electron chi connectivity index (χ3n) is 3.22. The highest BCUT2D eigenvalue weighted by atomic mass is 35.5. The van der Waals surface area contributed by atoms with Crippen LogP contribution in [-0.2, 0) is 11.2 Å². The molecular formula is C16H13ClN4O3S. The zero-order chi connectivity index (χ0) is 17.6. The minimum atomic E-state index is -0.428. The number of carbonyl (C=O) groups excluding carboxylic acids is 2. The van der Waals surface area contributed by atoms with Crippen molar-refractivity contribution in [3.63, 3.8) is 0 Å². The Balaban J connectivity index is 1.45. The fourth-order valence-corrected chi connectivity index (χ4v) is 2.70. The van der Waals surface area contributed by atoms with Gasteiger partial charge in [0.2, 0.25) is 17.7 Å². The highest BCUT2D eigenvalue weighted by Gasteiger charge is 2.12. The van der Waals surface area contributed by atoms with E-state index in [2.05, 4.69) is 21.0 Å². The summed E-state index contributed by atoms with van der Waals surface area (Å²) >= 11 is 7.29. The van der Waals surface area contributed by atoms with Crippen molar-refractivity contribution in [2.24, 2.45) is 0 Å². The molecule has 0 bridgehead atoms. The van der Waals surface area contributed by atoms with Crippen LogP contribution in [0.2, 0.25) is 5.02 Å². The van der Waals surface area contributed by atoms with Crippen molar-refractivity contribution in [3.8, 4) is 11.5 Å². The molecule has 0 aliphatic carbocycles. The van der Waals surface area contributed by atoms with E-state index in [0.29, 0.717) is 22.4 Å². The van der Waals surface area contributed by atoms with E-state index >= 15 is 0 Å². The van der Waals surface area contributed by atoms with Crippen LogP contribution in [0.1, 0.15) is 22.7 Å². The van der Waals surface area contributed by atoms with Gasteiger partial charge in [-0.05, 0) is 35.7 Å². The molecule has 0 radical (unpaired) electrons. The monoisotopic (exact) mass is 376 g/mol. The molecule has 0 fully saturated rings. The van der Waals surface area contributed by atoms with Gasteiger partial charge in [0, 0.05) is 34.4 Å². The summed E-state index contributed by atoms with van der Waals surface area (Å²) in [5.74, 6) is -0.00627. The number of amides is 2. The van der Waals surface area contributed by atoms with E-state index in [1.54, 1.807) is 24.3 Å². The van der Waals surface area contributed by atoms with Crippen LogP contribution >= 0.6 is 22.9 Å². The molecule has 128 valence electrons. The molecule has 0 unspecified atom stereocenters. The molecule has 1 aromatic carbocycles. The topological polar surface area (TPSA) is 97.1 Å². The maximum absolute atomic E-state index is 11.9. The molecule has 0 aliphatic heterocycles. The van der Waals surface area contributed by atoms with Crippen LogP contribution in [0.25, 0.3) is 11.5 Å². The van der Waals surface area contributed by atoms with Crippen LogP contribution in [0.5, 0.6) is 0 Å². The van der Waals surface area contributed by atoms with Crippen molar-refractivity contribution >= 4 is 34.8 Å². The Morgan fingerprint density at radius 2 is 1.92 bits per heavy atom. The lowest BCUT2D eigenvalue weighted by Gasteiger charge is -2.06. The highest BCUT2D eigenvalue weighted by Crippen LogP contribution is 2.20. The SMILES string of the molecule is O=C(CCc1nnc(-c2ccsc2)o1)NNC(=O)c1ccc(Cl)cc1. The van der Waals surface area contributed by atoms with Gasteiger partial charge >= 0.3 is 0 Å². The normalized spacial score (nSPS) is 10.4. The molecule has 0 aliphatic rings. The molecule has 3 aromatic rings. The van der Waals surface area contributed by atoms with E-state index in [4.69, 9.17) is 16.0 Å². The van der Waals surface area contributed by atoms with Gasteiger partial charge < -0.3 is 4.42 Å². The Labute approximate surface area is 152 Å². The van der Waals surface area contributed by atoms with Crippen molar-refractivity contribution in [2.45, 2.75) is 12.8 Å². The van der Waals surface area contributed by atoms with Crippen LogP contribution in [0.15, 0.2) is 45.5 Å². The van der Waals surface area contributed by atoms with Crippen LogP contribution in [0.3, 0.4) is 0 Å². The molecule has 2 heterocycles. The van der Waals surface area contributed by atoms with Gasteiger partial charge in [0.25, 0.3) is 5.91 Å². The lowest BCUT2D eigenvalue weighted by molar-refractivity contribution is -0.121. The van der Waals surface area contributed by atoms with Gasteiger partial charge in [-0.2, -0.15) is 11.3 Å². The van der Waals surface area contributed by atoms with Crippen molar-refractivity contribution < 1.29 is 14.0 Å². The third kappa shape index (κ3) is 4.65. The van der Waals surface area contributed by atoms with Crippen molar-refractivity contribution in [1.29, 1.82) is 0 Å². The summed E-state index contributed by atoms with van der Waals surface area (Å²) in [6.45, 7) is 0. The first-order chi connectivity index (χ1) is 12.1. The summed E-state index contributed by atoms with van der Waals surface area (Å²) in [5, 5.41) is 12.2. The second-order valence-corrected chi connectivity index (χ2v) is 6.24. The number of rotatable bonds is 5. The molecule has 0 saturated heterocycles. The number of hydrogen-bond acceptors (Lipinski definition) is 6. The van der Waals surface area contributed by atoms with E-state index in [1.807, 2.05) is 16.8 Å². The Morgan fingerprint density at radius 1 is 1.12 bits per heavy atom. The Hall–Kier alpha value is -2.71. The van der Waals surface area contributed by atoms with Crippen molar-refractivity contribution in [3.05, 3.63) is 57.6 Å². The zero-order valence-corrected chi connectivity index (χ0v) is 14.4. The van der Waals surface area contributed by atoms with Crippen molar-refractivity contribution in [2.75, 3.05) is 0 Å². The van der Waals surface area contributed by atoms with Crippen molar-refractivity contribution in [1.82, 2.24) is 21.0 Å². The van der Waals surface area contributed by atoms with Gasteiger partial charge in [-0.25, -0.2) is 0 Å². The van der Waals surface area contributed by atoms with Gasteiger partial charge in [0.15, 0.2) is 0 Å². The second kappa shape index (κ2) is 7.91. The second-order valence-electron chi connectivity index (χ2n) is 5.02. The maximum Gasteiger partial charge on any atom is 0.269 e. The van der Waals surface area contributed by atoms with Crippen LogP contribution < -0.4 is 10.9 Å². The average Bonchev–Trinajstić information content (AvgIpc) is 3.29. The smallest absolute Gasteiger partial charge is 0.269 e. The zero-order valence-electron chi connectivity index (χ0n) is 12.9. The molecule has 2 aromatic heterocycles. The molecule has 0 saturated carbocycles. The fourth-order valence-electron chi connectivity index (χ4n) is 1.94. The Kier molecular flexibility index (Phi) is 5.42. The predicted octanol–water partition coefficient (Wildman–Crippen LogP) is 2.85. The fraction of sp³-hybridized carbons (Fsp3) is 0.125. The van der Waals surface area contributed by atoms with E-state index in [1.165, 1.54) is 11.3 Å². The lowest BCUT2D eigenvalue weighted by Crippen LogP contribution is -2.41. The Morgan fingerprint density at radius 3 is 2.64 bits per heavy atom. The quantitative estimate of drug-likeness (QED) is 0.667. The minimum absolute atomic E-state index is 0.103. The number of carbonyl (C=O) groups is 2. The molecule has 9 heteroatoms. The maximum atomic E-state index is 11.9. The van der Waals surface area contributed by atoms with Gasteiger partial charge in [-0.15, -0.1) is 10.2 Å². The van der Waals surface area contributed by atoms with E-state index in [0.717, 1.165) is 5.56 Å². The number of hydrazine groups is 1. The number of halogens is 1. The largest absolute Gasteiger partial charge is 0.421 e. The summed E-state index contributed by atoms with van der Waals surface area (Å²) in [5.41, 5.74) is 5.92. The summed E-state index contributed by atoms with van der Waals surface area (Å²) < 4.78 is 5.49. The molecule has 25 heavy (non-hydrogen) atoms. The van der Waals surface area contributed by atoms with E-state index < -0.39 is 5.91 Å². The molecule has 2 N–H and O–H groups in total. The van der Waals surface area contributed by atoms with Gasteiger partial charge in [0.1, 0.15) is 0 Å². The van der Waals surface area contributed by atoms with Crippen LogP contribution in [0.4, 0.5) is 0 Å². The summed E-state index contributed by atoms with van der Waals surface area (Å²) in [7, 11) is 0. The predicted molar refractivity (Wildman–Crippen MR) is 93.0 cm³/mol. The first kappa shape index (κ1) is 17.1. The number of aromatic nitrogens is 2. The van der Waals surface area contributed by atoms with Crippen LogP contribution in [-0.4, -0.2) is 22.0 Å². The molecule has 3 rings (SSSR count). The average molecular weight is 377 g/mol. The number of benzene rings is 1. The third-order valence-corrected chi connectivity index (χ3v) is 4.16. The molecule has 0 atom stereocenters. The number of nitrogens with zero attached hydrogens (tertiary/aromatic N) is 2. The molecule has 0 spiro atoms. The number of thiophene rings is 1. The Bertz CT molecular complexity index is 862. The van der Waals surface area contributed by atoms with Crippen LogP contribution in [0, 0.1) is 0 Å². The highest BCUT2D eigenvalue weighted by molar-refractivity contribution is 7.08. The molecular weight excluding hydrogens is 364 g/mol. The summed E-state index contributed by atoms with van der Waals surface area (Å²) in [6.07, 6.45) is 0.381. The van der Waals surface area contributed by atoms with E-state index in [9.17, 15) is 9.59 Å².